The summed E-state index contributed by atoms with van der Waals surface area (Å²) in [6, 6.07) is 18.3. The highest BCUT2D eigenvalue weighted by Gasteiger charge is 2.43. The number of nitrogens with one attached hydrogen (secondary N) is 1. The molecule has 3 aromatic heterocycles. The van der Waals surface area contributed by atoms with Gasteiger partial charge in [-0.05, 0) is 35.7 Å². The zero-order valence-electron chi connectivity index (χ0n) is 19.8. The average molecular weight is 516 g/mol. The number of aromatic nitrogens is 5. The first-order valence-corrected chi connectivity index (χ1v) is 12.5. The van der Waals surface area contributed by atoms with Crippen LogP contribution in [0.1, 0.15) is 12.3 Å². The molecule has 7 rings (SSSR count). The summed E-state index contributed by atoms with van der Waals surface area (Å²) in [4.78, 5) is 12.4. The smallest absolute Gasteiger partial charge is 0.296 e. The third kappa shape index (κ3) is 4.15. The van der Waals surface area contributed by atoms with E-state index in [1.807, 2.05) is 54.6 Å². The molecule has 5 aromatic rings. The molecule has 3 atom stereocenters. The fraction of sp³-hybridized carbons (Fsp3) is 0.259. The molecule has 10 heteroatoms. The van der Waals surface area contributed by atoms with E-state index in [1.165, 1.54) is 0 Å². The number of aromatic amines is 1. The van der Waals surface area contributed by atoms with Gasteiger partial charge in [0.15, 0.2) is 11.8 Å². The molecule has 2 aliphatic rings. The number of hydrogen-bond donors (Lipinski definition) is 1. The van der Waals surface area contributed by atoms with Crippen molar-refractivity contribution in [3.05, 3.63) is 65.5 Å². The van der Waals surface area contributed by atoms with Crippen LogP contribution in [0.3, 0.4) is 0 Å². The lowest BCUT2D eigenvalue weighted by atomic mass is 10.0. The summed E-state index contributed by atoms with van der Waals surface area (Å²) in [6.45, 7) is 2.95. The molecule has 5 heterocycles. The summed E-state index contributed by atoms with van der Waals surface area (Å²) in [7, 11) is 0. The molecule has 37 heavy (non-hydrogen) atoms. The molecule has 0 amide bonds. The van der Waals surface area contributed by atoms with Gasteiger partial charge in [-0.1, -0.05) is 48.0 Å². The van der Waals surface area contributed by atoms with Crippen molar-refractivity contribution in [2.75, 3.05) is 13.2 Å². The minimum Gasteiger partial charge on any atom is -0.456 e. The second-order valence-electron chi connectivity index (χ2n) is 9.17. The molecule has 9 nitrogen and oxygen atoms in total. The van der Waals surface area contributed by atoms with Gasteiger partial charge in [0.25, 0.3) is 6.01 Å². The Bertz CT molecular complexity index is 1580. The van der Waals surface area contributed by atoms with Crippen LogP contribution in [0.2, 0.25) is 5.02 Å². The van der Waals surface area contributed by atoms with Crippen LogP contribution in [0, 0.1) is 6.92 Å². The second-order valence-corrected chi connectivity index (χ2v) is 9.57. The van der Waals surface area contributed by atoms with Gasteiger partial charge >= 0.3 is 0 Å². The number of ether oxygens (including phenoxy) is 3. The van der Waals surface area contributed by atoms with Gasteiger partial charge < -0.3 is 23.6 Å². The van der Waals surface area contributed by atoms with Gasteiger partial charge in [-0.2, -0.15) is 4.98 Å². The monoisotopic (exact) mass is 515 g/mol. The molecule has 1 N–H and O–H groups in total. The fourth-order valence-electron chi connectivity index (χ4n) is 4.87. The first-order chi connectivity index (χ1) is 18.1. The predicted molar refractivity (Wildman–Crippen MR) is 136 cm³/mol. The van der Waals surface area contributed by atoms with Crippen molar-refractivity contribution in [2.24, 2.45) is 0 Å². The Morgan fingerprint density at radius 2 is 1.65 bits per heavy atom. The maximum Gasteiger partial charge on any atom is 0.296 e. The number of benzene rings is 2. The standard InChI is InChI=1S/C27H22ClN5O4/c1-14-32-33-26(36-14)18-8-4-16(5-9-18)15-2-6-17(7-3-15)23-19(28)12-20-25(30-23)31-27(29-20)37-22-13-35-21-10-11-34-24(21)22/h2-9,12,21-22,24H,10-11,13H2,1H3,(H,29,30,31)/t21-,22-,24+/m1/s1. The van der Waals surface area contributed by atoms with Gasteiger partial charge in [-0.3, -0.25) is 0 Å². The molecule has 0 saturated carbocycles. The molecule has 0 radical (unpaired) electrons. The van der Waals surface area contributed by atoms with Crippen molar-refractivity contribution < 1.29 is 18.6 Å². The Hall–Kier alpha value is -3.79. The van der Waals surface area contributed by atoms with E-state index in [9.17, 15) is 0 Å². The van der Waals surface area contributed by atoms with Crippen LogP contribution in [0.15, 0.2) is 59.0 Å². The predicted octanol–water partition coefficient (Wildman–Crippen LogP) is 5.24. The molecular weight excluding hydrogens is 494 g/mol. The number of nitrogens with zero attached hydrogens (tertiary/aromatic N) is 4. The molecule has 186 valence electrons. The van der Waals surface area contributed by atoms with Crippen LogP contribution >= 0.6 is 11.6 Å². The lowest BCUT2D eigenvalue weighted by Gasteiger charge is -2.15. The van der Waals surface area contributed by atoms with Gasteiger partial charge in [-0.15, -0.1) is 10.2 Å². The van der Waals surface area contributed by atoms with Gasteiger partial charge in [0, 0.05) is 24.7 Å². The van der Waals surface area contributed by atoms with Crippen LogP contribution in [0.4, 0.5) is 0 Å². The van der Waals surface area contributed by atoms with E-state index in [-0.39, 0.29) is 18.3 Å². The Morgan fingerprint density at radius 3 is 2.38 bits per heavy atom. The van der Waals surface area contributed by atoms with Gasteiger partial charge in [0.2, 0.25) is 11.8 Å². The van der Waals surface area contributed by atoms with Crippen molar-refractivity contribution in [1.29, 1.82) is 0 Å². The molecule has 0 unspecified atom stereocenters. The van der Waals surface area contributed by atoms with E-state index in [0.29, 0.717) is 52.9 Å². The van der Waals surface area contributed by atoms with E-state index in [0.717, 1.165) is 28.7 Å². The minimum atomic E-state index is -0.194. The van der Waals surface area contributed by atoms with Crippen LogP contribution in [-0.2, 0) is 9.47 Å². The number of pyridine rings is 1. The van der Waals surface area contributed by atoms with E-state index >= 15 is 0 Å². The van der Waals surface area contributed by atoms with Gasteiger partial charge in [0.05, 0.1) is 28.9 Å². The Balaban J connectivity index is 1.11. The van der Waals surface area contributed by atoms with Gasteiger partial charge in [-0.25, -0.2) is 4.98 Å². The van der Waals surface area contributed by atoms with Crippen molar-refractivity contribution >= 4 is 22.8 Å². The lowest BCUT2D eigenvalue weighted by molar-refractivity contribution is 0.0273. The average Bonchev–Trinajstić information content (AvgIpc) is 3.70. The van der Waals surface area contributed by atoms with Gasteiger partial charge in [0.1, 0.15) is 6.10 Å². The number of imidazole rings is 1. The van der Waals surface area contributed by atoms with E-state index in [1.54, 1.807) is 6.92 Å². The van der Waals surface area contributed by atoms with E-state index in [4.69, 9.17) is 35.2 Å². The highest BCUT2D eigenvalue weighted by atomic mass is 35.5. The van der Waals surface area contributed by atoms with Crippen LogP contribution in [0.5, 0.6) is 6.01 Å². The van der Waals surface area contributed by atoms with Crippen molar-refractivity contribution in [3.63, 3.8) is 0 Å². The summed E-state index contributed by atoms with van der Waals surface area (Å²) >= 11 is 6.61. The summed E-state index contributed by atoms with van der Waals surface area (Å²) in [5.74, 6) is 1.05. The summed E-state index contributed by atoms with van der Waals surface area (Å²) in [6.07, 6.45) is 0.748. The van der Waals surface area contributed by atoms with Crippen LogP contribution in [0.25, 0.3) is 45.0 Å². The van der Waals surface area contributed by atoms with E-state index < -0.39 is 0 Å². The number of rotatable bonds is 5. The number of fused-ring (bicyclic) bond motifs is 2. The third-order valence-electron chi connectivity index (χ3n) is 6.74. The Morgan fingerprint density at radius 1 is 0.919 bits per heavy atom. The summed E-state index contributed by atoms with van der Waals surface area (Å²) in [5.41, 5.74) is 5.81. The van der Waals surface area contributed by atoms with Crippen molar-refractivity contribution in [1.82, 2.24) is 25.1 Å². The Labute approximate surface area is 216 Å². The lowest BCUT2D eigenvalue weighted by Crippen LogP contribution is -2.32. The maximum atomic E-state index is 6.61. The molecule has 2 fully saturated rings. The number of H-pyrrole nitrogens is 1. The van der Waals surface area contributed by atoms with E-state index in [2.05, 4.69) is 20.2 Å². The summed E-state index contributed by atoms with van der Waals surface area (Å²) in [5, 5.41) is 8.48. The quantitative estimate of drug-likeness (QED) is 0.338. The van der Waals surface area contributed by atoms with Crippen molar-refractivity contribution in [2.45, 2.75) is 31.7 Å². The zero-order valence-corrected chi connectivity index (χ0v) is 20.6. The summed E-state index contributed by atoms with van der Waals surface area (Å²) < 4.78 is 23.1. The first kappa shape index (κ1) is 22.4. The number of halogens is 1. The molecular formula is C27H22ClN5O4. The largest absolute Gasteiger partial charge is 0.456 e. The van der Waals surface area contributed by atoms with Crippen molar-refractivity contribution in [3.8, 4) is 39.8 Å². The first-order valence-electron chi connectivity index (χ1n) is 12.1. The molecule has 2 aliphatic heterocycles. The van der Waals surface area contributed by atoms with Crippen LogP contribution < -0.4 is 4.74 Å². The second kappa shape index (κ2) is 8.95. The zero-order chi connectivity index (χ0) is 24.9. The topological polar surface area (TPSA) is 108 Å². The minimum absolute atomic E-state index is 0.0574. The molecule has 2 saturated heterocycles. The Kier molecular flexibility index (Phi) is 5.42. The highest BCUT2D eigenvalue weighted by Crippen LogP contribution is 2.33. The number of hydrogen-bond acceptors (Lipinski definition) is 8. The highest BCUT2D eigenvalue weighted by molar-refractivity contribution is 6.33. The van der Waals surface area contributed by atoms with Crippen LogP contribution in [-0.4, -0.2) is 56.7 Å². The maximum absolute atomic E-state index is 6.61. The molecule has 0 aliphatic carbocycles. The number of aryl methyl sites for hydroxylation is 1. The molecule has 2 aromatic carbocycles. The molecule has 0 bridgehead atoms. The molecule has 0 spiro atoms. The fourth-order valence-corrected chi connectivity index (χ4v) is 5.13. The third-order valence-corrected chi connectivity index (χ3v) is 7.03. The normalized spacial score (nSPS) is 21.0. The SMILES string of the molecule is Cc1nnc(-c2ccc(-c3ccc(-c4nc5nc(O[C@@H]6CO[C@@H]7CCO[C@@H]76)[nH]c5cc4Cl)cc3)cc2)o1.